The summed E-state index contributed by atoms with van der Waals surface area (Å²) in [5, 5.41) is 0. The molecule has 0 aliphatic carbocycles. The first kappa shape index (κ1) is 24.7. The summed E-state index contributed by atoms with van der Waals surface area (Å²) >= 11 is 1.19. The van der Waals surface area contributed by atoms with Crippen LogP contribution in [0, 0.1) is 11.6 Å². The monoisotopic (exact) mass is 517 g/mol. The van der Waals surface area contributed by atoms with Gasteiger partial charge in [0.2, 0.25) is 0 Å². The van der Waals surface area contributed by atoms with Crippen LogP contribution in [-0.2, 0) is 21.3 Å². The predicted octanol–water partition coefficient (Wildman–Crippen LogP) is 4.56. The van der Waals surface area contributed by atoms with Crippen LogP contribution in [0.1, 0.15) is 17.3 Å². The quantitative estimate of drug-likeness (QED) is 0.347. The van der Waals surface area contributed by atoms with Gasteiger partial charge in [0.1, 0.15) is 11.6 Å². The number of halogens is 2. The molecule has 4 rings (SSSR count). The molecule has 1 N–H and O–H groups in total. The predicted molar refractivity (Wildman–Crippen MR) is 130 cm³/mol. The molecule has 0 bridgehead atoms. The van der Waals surface area contributed by atoms with Crippen LogP contribution >= 0.6 is 11.3 Å². The Kier molecular flexibility index (Phi) is 7.39. The van der Waals surface area contributed by atoms with E-state index in [1.807, 2.05) is 6.92 Å². The molecular formula is C24H21F2N3O4S2. The van der Waals surface area contributed by atoms with Gasteiger partial charge in [0, 0.05) is 24.4 Å². The minimum Gasteiger partial charge on any atom is -0.380 e. The van der Waals surface area contributed by atoms with Gasteiger partial charge >= 0.3 is 0 Å². The third kappa shape index (κ3) is 5.64. The zero-order chi connectivity index (χ0) is 25.0. The Balaban J connectivity index is 1.59. The van der Waals surface area contributed by atoms with Crippen molar-refractivity contribution in [3.63, 3.8) is 0 Å². The van der Waals surface area contributed by atoms with Crippen molar-refractivity contribution < 1.29 is 26.7 Å². The number of anilines is 1. The average Bonchev–Trinajstić information content (AvgIpc) is 3.18. The lowest BCUT2D eigenvalue weighted by Crippen LogP contribution is -2.20. The van der Waals surface area contributed by atoms with Gasteiger partial charge in [-0.15, -0.1) is 0 Å². The smallest absolute Gasteiger partial charge is 0.279 e. The lowest BCUT2D eigenvalue weighted by molar-refractivity contribution is 0.0996. The third-order valence-electron chi connectivity index (χ3n) is 5.02. The van der Waals surface area contributed by atoms with E-state index in [4.69, 9.17) is 4.74 Å². The molecule has 1 aromatic heterocycles. The first-order valence-corrected chi connectivity index (χ1v) is 12.9. The van der Waals surface area contributed by atoms with Gasteiger partial charge in [-0.1, -0.05) is 17.4 Å². The van der Waals surface area contributed by atoms with Crippen LogP contribution in [0.4, 0.5) is 14.5 Å². The Bertz CT molecular complexity index is 1530. The van der Waals surface area contributed by atoms with Crippen LogP contribution < -0.4 is 9.52 Å². The minimum atomic E-state index is -3.92. The second-order valence-electron chi connectivity index (χ2n) is 7.37. The van der Waals surface area contributed by atoms with E-state index in [-0.39, 0.29) is 16.1 Å². The Morgan fingerprint density at radius 1 is 1.06 bits per heavy atom. The highest BCUT2D eigenvalue weighted by atomic mass is 32.2. The molecule has 4 aromatic rings. The van der Waals surface area contributed by atoms with E-state index in [9.17, 15) is 22.0 Å². The van der Waals surface area contributed by atoms with Crippen molar-refractivity contribution in [2.45, 2.75) is 18.4 Å². The van der Waals surface area contributed by atoms with Gasteiger partial charge in [0.05, 0.1) is 21.7 Å². The number of amides is 1. The fourth-order valence-electron chi connectivity index (χ4n) is 3.34. The summed E-state index contributed by atoms with van der Waals surface area (Å²) in [5.74, 6) is -1.52. The van der Waals surface area contributed by atoms with E-state index >= 15 is 0 Å². The van der Waals surface area contributed by atoms with Gasteiger partial charge < -0.3 is 9.30 Å². The standard InChI is InChI=1S/C24H21F2N3O4S2/c1-2-33-15-14-29-22-20(26)4-3-5-21(22)34-24(29)27-23(30)16-6-10-18(11-7-16)28-35(31,32)19-12-8-17(25)9-13-19/h3-13,28H,2,14-15H2,1H3. The van der Waals surface area contributed by atoms with Crippen LogP contribution in [0.15, 0.2) is 76.6 Å². The van der Waals surface area contributed by atoms with E-state index in [0.29, 0.717) is 34.8 Å². The number of aromatic nitrogens is 1. The summed E-state index contributed by atoms with van der Waals surface area (Å²) in [6.07, 6.45) is 0. The number of fused-ring (bicyclic) bond motifs is 1. The molecule has 0 atom stereocenters. The van der Waals surface area contributed by atoms with Gasteiger partial charge in [-0.3, -0.25) is 9.52 Å². The van der Waals surface area contributed by atoms with Crippen molar-refractivity contribution in [1.29, 1.82) is 0 Å². The highest BCUT2D eigenvalue weighted by Crippen LogP contribution is 2.21. The molecule has 3 aromatic carbocycles. The van der Waals surface area contributed by atoms with Crippen LogP contribution in [0.2, 0.25) is 0 Å². The second kappa shape index (κ2) is 10.5. The first-order chi connectivity index (χ1) is 16.8. The van der Waals surface area contributed by atoms with E-state index in [2.05, 4.69) is 9.71 Å². The molecule has 1 heterocycles. The molecule has 0 saturated heterocycles. The van der Waals surface area contributed by atoms with Crippen molar-refractivity contribution in [3.8, 4) is 0 Å². The number of nitrogens with one attached hydrogen (secondary N) is 1. The number of benzene rings is 3. The lowest BCUT2D eigenvalue weighted by atomic mass is 10.2. The molecule has 0 spiro atoms. The molecule has 0 saturated carbocycles. The maximum absolute atomic E-state index is 14.5. The summed E-state index contributed by atoms with van der Waals surface area (Å²) in [4.78, 5) is 17.3. The molecule has 0 fully saturated rings. The van der Waals surface area contributed by atoms with Crippen molar-refractivity contribution in [3.05, 3.63) is 88.7 Å². The maximum Gasteiger partial charge on any atom is 0.279 e. The number of carbonyl (C=O) groups is 1. The summed E-state index contributed by atoms with van der Waals surface area (Å²) < 4.78 is 62.6. The van der Waals surface area contributed by atoms with Crippen molar-refractivity contribution >= 4 is 43.2 Å². The van der Waals surface area contributed by atoms with Crippen LogP contribution in [0.3, 0.4) is 0 Å². The van der Waals surface area contributed by atoms with Crippen molar-refractivity contribution in [2.24, 2.45) is 4.99 Å². The van der Waals surface area contributed by atoms with Crippen molar-refractivity contribution in [1.82, 2.24) is 4.57 Å². The summed E-state index contributed by atoms with van der Waals surface area (Å²) in [6.45, 7) is 3.02. The Hall–Kier alpha value is -3.41. The van der Waals surface area contributed by atoms with E-state index < -0.39 is 27.6 Å². The van der Waals surface area contributed by atoms with Crippen molar-refractivity contribution in [2.75, 3.05) is 17.9 Å². The highest BCUT2D eigenvalue weighted by Gasteiger charge is 2.15. The minimum absolute atomic E-state index is 0.0948. The number of para-hydroxylation sites is 1. The topological polar surface area (TPSA) is 89.8 Å². The number of hydrogen-bond acceptors (Lipinski definition) is 5. The molecule has 35 heavy (non-hydrogen) atoms. The molecular weight excluding hydrogens is 496 g/mol. The number of thiazole rings is 1. The molecule has 0 aliphatic heterocycles. The second-order valence-corrected chi connectivity index (χ2v) is 10.1. The molecule has 7 nitrogen and oxygen atoms in total. The Morgan fingerprint density at radius 3 is 2.46 bits per heavy atom. The number of ether oxygens (including phenoxy) is 1. The van der Waals surface area contributed by atoms with Gasteiger partial charge in [-0.2, -0.15) is 4.99 Å². The zero-order valence-corrected chi connectivity index (χ0v) is 20.2. The molecule has 1 amide bonds. The number of hydrogen-bond donors (Lipinski definition) is 1. The van der Waals surface area contributed by atoms with Gasteiger partial charge in [-0.05, 0) is 67.6 Å². The lowest BCUT2D eigenvalue weighted by Gasteiger charge is -2.08. The maximum atomic E-state index is 14.5. The molecule has 0 unspecified atom stereocenters. The van der Waals surface area contributed by atoms with Gasteiger partial charge in [0.15, 0.2) is 4.80 Å². The molecule has 0 aliphatic rings. The largest absolute Gasteiger partial charge is 0.380 e. The van der Waals surface area contributed by atoms with E-state index in [1.165, 1.54) is 41.7 Å². The molecule has 182 valence electrons. The first-order valence-electron chi connectivity index (χ1n) is 10.6. The Morgan fingerprint density at radius 2 is 1.77 bits per heavy atom. The number of rotatable bonds is 8. The average molecular weight is 518 g/mol. The fourth-order valence-corrected chi connectivity index (χ4v) is 5.47. The number of sulfonamides is 1. The number of carbonyl (C=O) groups excluding carboxylic acids is 1. The summed E-state index contributed by atoms with van der Waals surface area (Å²) in [7, 11) is -3.92. The van der Waals surface area contributed by atoms with E-state index in [0.717, 1.165) is 24.3 Å². The number of nitrogens with zero attached hydrogens (tertiary/aromatic N) is 2. The summed E-state index contributed by atoms with van der Waals surface area (Å²) in [6, 6.07) is 14.9. The van der Waals surface area contributed by atoms with Gasteiger partial charge in [0.25, 0.3) is 15.9 Å². The zero-order valence-electron chi connectivity index (χ0n) is 18.6. The summed E-state index contributed by atoms with van der Waals surface area (Å²) in [5.41, 5.74) is 0.805. The molecule has 11 heteroatoms. The molecule has 0 radical (unpaired) electrons. The SMILES string of the molecule is CCOCCn1c(=NC(=O)c2ccc(NS(=O)(=O)c3ccc(F)cc3)cc2)sc2cccc(F)c21. The third-order valence-corrected chi connectivity index (χ3v) is 7.46. The van der Waals surface area contributed by atoms with E-state index in [1.54, 1.807) is 16.7 Å². The normalized spacial score (nSPS) is 12.3. The fraction of sp³-hybridized carbons (Fsp3) is 0.167. The highest BCUT2D eigenvalue weighted by molar-refractivity contribution is 7.92. The van der Waals surface area contributed by atoms with Gasteiger partial charge in [-0.25, -0.2) is 17.2 Å². The van der Waals surface area contributed by atoms with Crippen LogP contribution in [-0.4, -0.2) is 32.1 Å². The van der Waals surface area contributed by atoms with Crippen LogP contribution in [0.25, 0.3) is 10.2 Å². The van der Waals surface area contributed by atoms with Crippen LogP contribution in [0.5, 0.6) is 0 Å². The Labute approximate surface area is 204 Å².